The fourth-order valence-corrected chi connectivity index (χ4v) is 1.35. The van der Waals surface area contributed by atoms with Crippen molar-refractivity contribution >= 4 is 11.4 Å². The van der Waals surface area contributed by atoms with Crippen LogP contribution in [0.1, 0.15) is 47.0 Å². The van der Waals surface area contributed by atoms with E-state index in [1.807, 2.05) is 19.9 Å². The second-order valence-electron chi connectivity index (χ2n) is 4.19. The first-order chi connectivity index (χ1) is 7.01. The topological polar surface area (TPSA) is 36.2 Å². The zero-order valence-electron chi connectivity index (χ0n) is 10.5. The van der Waals surface area contributed by atoms with E-state index in [0.717, 1.165) is 25.0 Å². The van der Waals surface area contributed by atoms with Gasteiger partial charge in [0.2, 0.25) is 0 Å². The lowest BCUT2D eigenvalue weighted by molar-refractivity contribution is 0.552. The van der Waals surface area contributed by atoms with Crippen molar-refractivity contribution in [3.63, 3.8) is 0 Å². The van der Waals surface area contributed by atoms with Gasteiger partial charge < -0.3 is 5.41 Å². The predicted octanol–water partition coefficient (Wildman–Crippen LogP) is 3.87. The summed E-state index contributed by atoms with van der Waals surface area (Å²) in [7, 11) is 0. The van der Waals surface area contributed by atoms with E-state index in [9.17, 15) is 0 Å². The Labute approximate surface area is 94.0 Å². The first-order valence-corrected chi connectivity index (χ1v) is 5.76. The molecule has 0 rings (SSSR count). The molecule has 2 unspecified atom stereocenters. The number of nitrogens with zero attached hydrogens (tertiary/aromatic N) is 1. The Balaban J connectivity index is 4.06. The van der Waals surface area contributed by atoms with E-state index >= 15 is 0 Å². The maximum absolute atomic E-state index is 7.64. The maximum atomic E-state index is 7.64. The molecule has 0 amide bonds. The fraction of sp³-hybridized carbons (Fsp3) is 0.692. The Morgan fingerprint density at radius 3 is 2.47 bits per heavy atom. The van der Waals surface area contributed by atoms with Crippen molar-refractivity contribution in [1.82, 2.24) is 0 Å². The van der Waals surface area contributed by atoms with Gasteiger partial charge in [-0.25, -0.2) is 0 Å². The highest BCUT2D eigenvalue weighted by Crippen LogP contribution is 2.10. The van der Waals surface area contributed by atoms with E-state index < -0.39 is 0 Å². The molecule has 0 aromatic rings. The van der Waals surface area contributed by atoms with Crippen LogP contribution in [0.5, 0.6) is 0 Å². The van der Waals surface area contributed by atoms with Crippen LogP contribution in [0.25, 0.3) is 0 Å². The molecule has 2 heteroatoms. The van der Waals surface area contributed by atoms with Gasteiger partial charge in [0.1, 0.15) is 0 Å². The Kier molecular flexibility index (Phi) is 6.93. The van der Waals surface area contributed by atoms with Gasteiger partial charge in [-0.15, -0.1) is 6.58 Å². The van der Waals surface area contributed by atoms with Crippen LogP contribution in [0.15, 0.2) is 17.6 Å². The molecule has 0 heterocycles. The molecule has 0 radical (unpaired) electrons. The van der Waals surface area contributed by atoms with Crippen molar-refractivity contribution in [2.75, 3.05) is 0 Å². The number of aliphatic imine (C=N–C) groups is 1. The molecule has 0 fully saturated rings. The van der Waals surface area contributed by atoms with Crippen LogP contribution < -0.4 is 0 Å². The van der Waals surface area contributed by atoms with Crippen molar-refractivity contribution in [2.24, 2.45) is 10.9 Å². The Hall–Kier alpha value is -0.920. The standard InChI is InChI=1S/C13H24N2/c1-6-10(3)8-9-11(4)15-12(5)13(14)7-2/h6,10-11,14H,1,7-9H2,2-5H3. The van der Waals surface area contributed by atoms with Gasteiger partial charge in [0.15, 0.2) is 0 Å². The van der Waals surface area contributed by atoms with Crippen molar-refractivity contribution in [1.29, 1.82) is 5.41 Å². The van der Waals surface area contributed by atoms with Crippen molar-refractivity contribution < 1.29 is 0 Å². The summed E-state index contributed by atoms with van der Waals surface area (Å²) < 4.78 is 0. The fourth-order valence-electron chi connectivity index (χ4n) is 1.35. The Morgan fingerprint density at radius 1 is 1.40 bits per heavy atom. The lowest BCUT2D eigenvalue weighted by Gasteiger charge is -2.10. The molecule has 86 valence electrons. The molecule has 2 nitrogen and oxygen atoms in total. The molecular weight excluding hydrogens is 184 g/mol. The second kappa shape index (κ2) is 7.38. The number of allylic oxidation sites excluding steroid dienone is 1. The third-order valence-corrected chi connectivity index (χ3v) is 2.65. The molecule has 0 aliphatic rings. The summed E-state index contributed by atoms with van der Waals surface area (Å²) >= 11 is 0. The van der Waals surface area contributed by atoms with Gasteiger partial charge in [-0.1, -0.05) is 19.9 Å². The van der Waals surface area contributed by atoms with E-state index in [4.69, 9.17) is 5.41 Å². The third kappa shape index (κ3) is 6.21. The smallest absolute Gasteiger partial charge is 0.0527 e. The molecule has 0 spiro atoms. The zero-order valence-corrected chi connectivity index (χ0v) is 10.5. The van der Waals surface area contributed by atoms with E-state index in [-0.39, 0.29) is 0 Å². The average molecular weight is 208 g/mol. The summed E-state index contributed by atoms with van der Waals surface area (Å²) in [5, 5.41) is 7.64. The molecular formula is C13H24N2. The summed E-state index contributed by atoms with van der Waals surface area (Å²) in [6, 6.07) is 0.319. The van der Waals surface area contributed by atoms with E-state index in [2.05, 4.69) is 25.4 Å². The van der Waals surface area contributed by atoms with Gasteiger partial charge in [0.05, 0.1) is 11.4 Å². The first kappa shape index (κ1) is 14.1. The van der Waals surface area contributed by atoms with Crippen molar-refractivity contribution in [3.8, 4) is 0 Å². The monoisotopic (exact) mass is 208 g/mol. The minimum absolute atomic E-state index is 0.319. The number of nitrogens with one attached hydrogen (secondary N) is 1. The highest BCUT2D eigenvalue weighted by atomic mass is 14.8. The van der Waals surface area contributed by atoms with E-state index in [1.54, 1.807) is 0 Å². The van der Waals surface area contributed by atoms with Gasteiger partial charge in [-0.3, -0.25) is 4.99 Å². The SMILES string of the molecule is C=CC(C)CCC(C)N=C(C)C(=N)CC. The van der Waals surface area contributed by atoms with Crippen LogP contribution >= 0.6 is 0 Å². The quantitative estimate of drug-likeness (QED) is 0.487. The van der Waals surface area contributed by atoms with Crippen LogP contribution in [0, 0.1) is 11.3 Å². The van der Waals surface area contributed by atoms with Crippen LogP contribution in [0.2, 0.25) is 0 Å². The highest BCUT2D eigenvalue weighted by Gasteiger charge is 2.04. The molecule has 2 atom stereocenters. The van der Waals surface area contributed by atoms with Crippen LogP contribution in [-0.2, 0) is 0 Å². The summed E-state index contributed by atoms with van der Waals surface area (Å²) in [6.07, 6.45) is 4.95. The predicted molar refractivity (Wildman–Crippen MR) is 69.2 cm³/mol. The van der Waals surface area contributed by atoms with Gasteiger partial charge in [-0.2, -0.15) is 0 Å². The van der Waals surface area contributed by atoms with Crippen molar-refractivity contribution in [2.45, 2.75) is 53.0 Å². The van der Waals surface area contributed by atoms with Crippen molar-refractivity contribution in [3.05, 3.63) is 12.7 Å². The maximum Gasteiger partial charge on any atom is 0.0527 e. The summed E-state index contributed by atoms with van der Waals surface area (Å²) in [5.74, 6) is 0.564. The average Bonchev–Trinajstić information content (AvgIpc) is 2.24. The molecule has 0 bridgehead atoms. The van der Waals surface area contributed by atoms with E-state index in [1.165, 1.54) is 0 Å². The van der Waals surface area contributed by atoms with Crippen LogP contribution in [0.3, 0.4) is 0 Å². The first-order valence-electron chi connectivity index (χ1n) is 5.76. The zero-order chi connectivity index (χ0) is 11.8. The molecule has 0 saturated carbocycles. The molecule has 15 heavy (non-hydrogen) atoms. The summed E-state index contributed by atoms with van der Waals surface area (Å²) in [4.78, 5) is 4.51. The van der Waals surface area contributed by atoms with Gasteiger partial charge in [0, 0.05) is 6.04 Å². The molecule has 0 saturated heterocycles. The lowest BCUT2D eigenvalue weighted by atomic mass is 10.0. The molecule has 0 aliphatic carbocycles. The number of rotatable bonds is 7. The van der Waals surface area contributed by atoms with Crippen LogP contribution in [0.4, 0.5) is 0 Å². The van der Waals surface area contributed by atoms with E-state index in [0.29, 0.717) is 17.7 Å². The Bertz CT molecular complexity index is 241. The molecule has 0 aromatic carbocycles. The van der Waals surface area contributed by atoms with Gasteiger partial charge in [-0.05, 0) is 39.0 Å². The number of hydrogen-bond acceptors (Lipinski definition) is 2. The largest absolute Gasteiger partial charge is 0.303 e. The molecule has 0 aromatic heterocycles. The second-order valence-corrected chi connectivity index (χ2v) is 4.19. The Morgan fingerprint density at radius 2 is 2.00 bits per heavy atom. The molecule has 1 N–H and O–H groups in total. The minimum Gasteiger partial charge on any atom is -0.303 e. The lowest BCUT2D eigenvalue weighted by Crippen LogP contribution is -2.12. The van der Waals surface area contributed by atoms with Crippen LogP contribution in [-0.4, -0.2) is 17.5 Å². The third-order valence-electron chi connectivity index (χ3n) is 2.65. The normalized spacial score (nSPS) is 15.9. The molecule has 0 aliphatic heterocycles. The highest BCUT2D eigenvalue weighted by molar-refractivity contribution is 6.40. The summed E-state index contributed by atoms with van der Waals surface area (Å²) in [5.41, 5.74) is 1.54. The minimum atomic E-state index is 0.319. The summed E-state index contributed by atoms with van der Waals surface area (Å²) in [6.45, 7) is 12.0. The van der Waals surface area contributed by atoms with Gasteiger partial charge in [0.25, 0.3) is 0 Å². The number of hydrogen-bond donors (Lipinski definition) is 1. The van der Waals surface area contributed by atoms with Gasteiger partial charge >= 0.3 is 0 Å².